The van der Waals surface area contributed by atoms with E-state index in [0.717, 1.165) is 71.6 Å². The third kappa shape index (κ3) is 11.6. The Hall–Kier alpha value is -5.94. The van der Waals surface area contributed by atoms with Crippen LogP contribution in [0.5, 0.6) is 0 Å². The Bertz CT molecular complexity index is 2480. The summed E-state index contributed by atoms with van der Waals surface area (Å²) in [6, 6.07) is 10.2. The predicted octanol–water partition coefficient (Wildman–Crippen LogP) is 9.36. The fourth-order valence-electron chi connectivity index (χ4n) is 11.6. The maximum absolute atomic E-state index is 14.9. The second-order valence-corrected chi connectivity index (χ2v) is 20.4. The third-order valence-electron chi connectivity index (χ3n) is 15.5. The molecule has 2 aromatic heterocycles. The van der Waals surface area contributed by atoms with Crippen molar-refractivity contribution < 1.29 is 38.1 Å². The predicted molar refractivity (Wildman–Crippen MR) is 278 cm³/mol. The van der Waals surface area contributed by atoms with Gasteiger partial charge < -0.3 is 54.2 Å². The Morgan fingerprint density at radius 3 is 1.83 bits per heavy atom. The zero-order chi connectivity index (χ0) is 52.0. The number of aromatic nitrogens is 4. The standard InChI is InChI=1S/C55H79N9O8/c1-13-31(4)63(52(65)47(60-54(67)69-11)39-23-25-71-32(5)26-39)35(8)50-56-29-45(58-50)38-18-16-37(17-19-38)42-20-21-44(49-43(42)22-24-62(49)10)46-30-57-51(59-46)36(9)64(41(14-2)15-3)53(66)48(61-55(68)70-12)40-27-33(6)72-34(7)28-40/h16-21,29-36,39-41,47-48H,13-15,22-28H2,1-12H3,(H,56,58)(H,57,59)(H,60,67)(H,61,68)/t31-,32+,33+,34+,35-,36-,39?,47-,48-/m0/s1. The number of nitrogens with one attached hydrogen (secondary N) is 4. The van der Waals surface area contributed by atoms with E-state index in [9.17, 15) is 19.2 Å². The molecule has 1 unspecified atom stereocenters. The molecule has 3 aliphatic rings. The number of methoxy groups -OCH3 is 2. The summed E-state index contributed by atoms with van der Waals surface area (Å²) in [6.45, 7) is 19.7. The number of ether oxygens (including phenoxy) is 4. The molecule has 392 valence electrons. The topological polar surface area (TPSA) is 196 Å². The van der Waals surface area contributed by atoms with Crippen molar-refractivity contribution >= 4 is 29.7 Å². The number of aromatic amines is 2. The Morgan fingerprint density at radius 2 is 1.25 bits per heavy atom. The van der Waals surface area contributed by atoms with Crippen LogP contribution in [0, 0.1) is 11.8 Å². The van der Waals surface area contributed by atoms with Crippen LogP contribution in [0.25, 0.3) is 33.6 Å². The summed E-state index contributed by atoms with van der Waals surface area (Å²) < 4.78 is 21.8. The summed E-state index contributed by atoms with van der Waals surface area (Å²) >= 11 is 0. The van der Waals surface area contributed by atoms with Crippen LogP contribution in [0.3, 0.4) is 0 Å². The van der Waals surface area contributed by atoms with Crippen molar-refractivity contribution in [3.8, 4) is 33.6 Å². The number of carbonyl (C=O) groups is 4. The highest BCUT2D eigenvalue weighted by molar-refractivity contribution is 5.89. The Morgan fingerprint density at radius 1 is 0.722 bits per heavy atom. The van der Waals surface area contributed by atoms with E-state index in [1.165, 1.54) is 19.8 Å². The second-order valence-electron chi connectivity index (χ2n) is 20.4. The minimum absolute atomic E-state index is 0.0217. The van der Waals surface area contributed by atoms with Gasteiger partial charge in [-0.3, -0.25) is 9.59 Å². The first-order valence-electron chi connectivity index (χ1n) is 26.2. The SMILES string of the molecule is CCC(CC)N(C(=O)[C@@H](NC(=O)OC)C1C[C@@H](C)O[C@H](C)C1)[C@@H](C)c1ncc(-c2ccc(-c3ccc(-c4cnc([C@H](C)N(C(=O)[C@@H](NC(=O)OC)C5CCO[C@H](C)C5)[C@@H](C)CC)[nH]4)cc3)c3c2N(C)CC3)[nH]1. The van der Waals surface area contributed by atoms with Gasteiger partial charge in [-0.1, -0.05) is 57.2 Å². The maximum Gasteiger partial charge on any atom is 0.407 e. The van der Waals surface area contributed by atoms with Crippen molar-refractivity contribution in [1.82, 2.24) is 40.4 Å². The lowest BCUT2D eigenvalue weighted by molar-refractivity contribution is -0.143. The molecular formula is C55H79N9O8. The number of rotatable bonds is 18. The number of imidazole rings is 2. The highest BCUT2D eigenvalue weighted by Gasteiger charge is 2.42. The lowest BCUT2D eigenvalue weighted by Gasteiger charge is -2.41. The Kier molecular flexibility index (Phi) is 17.8. The molecule has 5 heterocycles. The summed E-state index contributed by atoms with van der Waals surface area (Å²) in [4.78, 5) is 77.7. The van der Waals surface area contributed by atoms with Gasteiger partial charge >= 0.3 is 12.2 Å². The summed E-state index contributed by atoms with van der Waals surface area (Å²) in [5.74, 6) is 0.789. The number of likely N-dealkylation sites (N-methyl/N-ethyl adjacent to an activating group) is 1. The number of benzene rings is 2. The van der Waals surface area contributed by atoms with Gasteiger partial charge in [-0.2, -0.15) is 0 Å². The highest BCUT2D eigenvalue weighted by atomic mass is 16.5. The van der Waals surface area contributed by atoms with Crippen molar-refractivity contribution in [2.24, 2.45) is 11.8 Å². The third-order valence-corrected chi connectivity index (χ3v) is 15.5. The molecule has 0 radical (unpaired) electrons. The molecule has 4 aromatic rings. The maximum atomic E-state index is 14.9. The van der Waals surface area contributed by atoms with Crippen LogP contribution >= 0.6 is 0 Å². The van der Waals surface area contributed by atoms with Gasteiger partial charge in [-0.15, -0.1) is 0 Å². The van der Waals surface area contributed by atoms with Gasteiger partial charge in [-0.05, 0) is 127 Å². The number of hydrogen-bond donors (Lipinski definition) is 4. The highest BCUT2D eigenvalue weighted by Crippen LogP contribution is 2.43. The summed E-state index contributed by atoms with van der Waals surface area (Å²) in [5.41, 5.74) is 8.32. The van der Waals surface area contributed by atoms with Crippen LogP contribution in [-0.2, 0) is 35.0 Å². The van der Waals surface area contributed by atoms with E-state index in [2.05, 4.69) is 89.7 Å². The van der Waals surface area contributed by atoms with Crippen LogP contribution in [0.1, 0.15) is 137 Å². The van der Waals surface area contributed by atoms with E-state index in [1.54, 1.807) is 0 Å². The fourth-order valence-corrected chi connectivity index (χ4v) is 11.6. The van der Waals surface area contributed by atoms with E-state index < -0.39 is 36.4 Å². The summed E-state index contributed by atoms with van der Waals surface area (Å²) in [6.07, 6.45) is 7.97. The molecule has 72 heavy (non-hydrogen) atoms. The lowest BCUT2D eigenvalue weighted by atomic mass is 9.85. The average molecular weight is 994 g/mol. The quantitative estimate of drug-likeness (QED) is 0.0742. The number of H-pyrrole nitrogens is 2. The van der Waals surface area contributed by atoms with E-state index in [-0.39, 0.29) is 54.0 Å². The Labute approximate surface area is 425 Å². The van der Waals surface area contributed by atoms with Gasteiger partial charge in [0.05, 0.1) is 68.4 Å². The van der Waals surface area contributed by atoms with Gasteiger partial charge in [0.2, 0.25) is 11.8 Å². The number of amides is 4. The van der Waals surface area contributed by atoms with Crippen LogP contribution in [0.2, 0.25) is 0 Å². The van der Waals surface area contributed by atoms with Crippen LogP contribution in [0.4, 0.5) is 15.3 Å². The molecule has 9 atom stereocenters. The molecule has 2 aromatic carbocycles. The zero-order valence-electron chi connectivity index (χ0n) is 44.5. The van der Waals surface area contributed by atoms with Crippen LogP contribution < -0.4 is 15.5 Å². The first-order valence-corrected chi connectivity index (χ1v) is 26.2. The van der Waals surface area contributed by atoms with Crippen LogP contribution in [-0.4, -0.2) is 131 Å². The van der Waals surface area contributed by atoms with E-state index in [1.807, 2.05) is 63.7 Å². The number of carbonyl (C=O) groups excluding carboxylic acids is 4. The zero-order valence-corrected chi connectivity index (χ0v) is 44.5. The molecule has 0 bridgehead atoms. The molecule has 3 aliphatic heterocycles. The largest absolute Gasteiger partial charge is 0.453 e. The van der Waals surface area contributed by atoms with Crippen molar-refractivity contribution in [3.05, 3.63) is 66.0 Å². The average Bonchev–Trinajstić information content (AvgIpc) is 4.17. The summed E-state index contributed by atoms with van der Waals surface area (Å²) in [5, 5.41) is 5.79. The van der Waals surface area contributed by atoms with E-state index in [4.69, 9.17) is 28.9 Å². The number of alkyl carbamates (subject to hydrolysis) is 2. The smallest absolute Gasteiger partial charge is 0.407 e. The molecule has 0 aliphatic carbocycles. The van der Waals surface area contributed by atoms with Crippen molar-refractivity contribution in [1.29, 1.82) is 0 Å². The van der Waals surface area contributed by atoms with Crippen LogP contribution in [0.15, 0.2) is 48.8 Å². The molecule has 4 amide bonds. The van der Waals surface area contributed by atoms with Gasteiger partial charge in [0, 0.05) is 43.5 Å². The van der Waals surface area contributed by atoms with Crippen molar-refractivity contribution in [3.63, 3.8) is 0 Å². The second kappa shape index (κ2) is 23.7. The minimum atomic E-state index is -0.783. The Balaban J connectivity index is 1.12. The van der Waals surface area contributed by atoms with Gasteiger partial charge in [0.1, 0.15) is 23.7 Å². The van der Waals surface area contributed by atoms with E-state index >= 15 is 0 Å². The normalized spacial score (nSPS) is 22.0. The monoisotopic (exact) mass is 994 g/mol. The molecule has 0 spiro atoms. The van der Waals surface area contributed by atoms with Gasteiger partial charge in [0.25, 0.3) is 0 Å². The lowest BCUT2D eigenvalue weighted by Crippen LogP contribution is -2.57. The molecule has 17 heteroatoms. The molecule has 0 saturated carbocycles. The minimum Gasteiger partial charge on any atom is -0.453 e. The summed E-state index contributed by atoms with van der Waals surface area (Å²) in [7, 11) is 4.75. The number of anilines is 1. The molecular weight excluding hydrogens is 915 g/mol. The first kappa shape index (κ1) is 53.8. The van der Waals surface area contributed by atoms with Gasteiger partial charge in [-0.25, -0.2) is 19.6 Å². The number of nitrogens with zero attached hydrogens (tertiary/aromatic N) is 5. The van der Waals surface area contributed by atoms with Crippen molar-refractivity contribution in [2.75, 3.05) is 39.3 Å². The molecule has 2 fully saturated rings. The number of hydrogen-bond acceptors (Lipinski definition) is 11. The van der Waals surface area contributed by atoms with Crippen molar-refractivity contribution in [2.45, 2.75) is 168 Å². The molecule has 4 N–H and O–H groups in total. The molecule has 2 saturated heterocycles. The van der Waals surface area contributed by atoms with E-state index in [0.29, 0.717) is 43.9 Å². The molecule has 7 rings (SSSR count). The van der Waals surface area contributed by atoms with Gasteiger partial charge in [0.15, 0.2) is 0 Å². The fraction of sp³-hybridized carbons (Fsp3) is 0.600. The first-order chi connectivity index (χ1) is 34.5. The molecule has 17 nitrogen and oxygen atoms in total. The number of fused-ring (bicyclic) bond motifs is 1.